The minimum atomic E-state index is 0.0264. The molecule has 4 heterocycles. The summed E-state index contributed by atoms with van der Waals surface area (Å²) in [5, 5.41) is 9.09. The zero-order valence-electron chi connectivity index (χ0n) is 16.2. The zero-order chi connectivity index (χ0) is 18.8. The van der Waals surface area contributed by atoms with E-state index in [4.69, 9.17) is 9.84 Å². The molecule has 8 nitrogen and oxygen atoms in total. The van der Waals surface area contributed by atoms with Crippen molar-refractivity contribution in [2.24, 2.45) is 7.05 Å². The van der Waals surface area contributed by atoms with Gasteiger partial charge in [0.1, 0.15) is 5.69 Å². The van der Waals surface area contributed by atoms with Gasteiger partial charge in [0.15, 0.2) is 0 Å². The van der Waals surface area contributed by atoms with Gasteiger partial charge in [-0.25, -0.2) is 0 Å². The summed E-state index contributed by atoms with van der Waals surface area (Å²) in [5.41, 5.74) is 4.27. The van der Waals surface area contributed by atoms with Crippen molar-refractivity contribution in [1.29, 1.82) is 0 Å². The Balaban J connectivity index is 1.42. The fourth-order valence-electron chi connectivity index (χ4n) is 4.00. The van der Waals surface area contributed by atoms with E-state index < -0.39 is 0 Å². The lowest BCUT2D eigenvalue weighted by atomic mass is 10.1. The van der Waals surface area contributed by atoms with Gasteiger partial charge in [-0.3, -0.25) is 19.1 Å². The van der Waals surface area contributed by atoms with E-state index in [0.29, 0.717) is 12.3 Å². The van der Waals surface area contributed by atoms with Crippen LogP contribution in [0, 0.1) is 0 Å². The summed E-state index contributed by atoms with van der Waals surface area (Å²) < 4.78 is 9.47. The van der Waals surface area contributed by atoms with Gasteiger partial charge in [-0.1, -0.05) is 0 Å². The molecule has 2 aliphatic heterocycles. The van der Waals surface area contributed by atoms with Gasteiger partial charge in [0, 0.05) is 70.2 Å². The molecule has 2 aliphatic rings. The molecule has 1 saturated heterocycles. The second-order valence-electron chi connectivity index (χ2n) is 7.29. The van der Waals surface area contributed by atoms with Crippen LogP contribution in [0.1, 0.15) is 40.8 Å². The van der Waals surface area contributed by atoms with Crippen LogP contribution in [0.5, 0.6) is 0 Å². The maximum absolute atomic E-state index is 12.7. The maximum atomic E-state index is 12.7. The molecule has 2 aromatic rings. The molecule has 0 unspecified atom stereocenters. The minimum absolute atomic E-state index is 0.0264. The molecule has 1 amide bonds. The smallest absolute Gasteiger partial charge is 0.274 e. The Hall–Kier alpha value is -2.19. The Kier molecular flexibility index (Phi) is 5.27. The Morgan fingerprint density at radius 3 is 2.89 bits per heavy atom. The second-order valence-corrected chi connectivity index (χ2v) is 7.29. The van der Waals surface area contributed by atoms with Gasteiger partial charge in [-0.15, -0.1) is 0 Å². The number of amides is 1. The first kappa shape index (κ1) is 18.2. The highest BCUT2D eigenvalue weighted by molar-refractivity contribution is 5.92. The number of carbonyl (C=O) groups excluding carboxylic acids is 1. The van der Waals surface area contributed by atoms with E-state index >= 15 is 0 Å². The first-order chi connectivity index (χ1) is 13.2. The lowest BCUT2D eigenvalue weighted by Crippen LogP contribution is -2.35. The highest BCUT2D eigenvalue weighted by atomic mass is 16.5. The molecule has 146 valence electrons. The van der Waals surface area contributed by atoms with Crippen LogP contribution in [0.25, 0.3) is 0 Å². The summed E-state index contributed by atoms with van der Waals surface area (Å²) in [7, 11) is 1.83. The molecule has 0 aliphatic carbocycles. The highest BCUT2D eigenvalue weighted by Gasteiger charge is 2.25. The van der Waals surface area contributed by atoms with Crippen molar-refractivity contribution in [3.63, 3.8) is 0 Å². The molecule has 1 fully saturated rings. The third-order valence-corrected chi connectivity index (χ3v) is 5.46. The first-order valence-corrected chi connectivity index (χ1v) is 9.82. The number of ether oxygens (including phenoxy) is 1. The zero-order valence-corrected chi connectivity index (χ0v) is 16.2. The van der Waals surface area contributed by atoms with Gasteiger partial charge in [0.25, 0.3) is 5.91 Å². The van der Waals surface area contributed by atoms with Crippen molar-refractivity contribution < 1.29 is 9.53 Å². The molecule has 27 heavy (non-hydrogen) atoms. The first-order valence-electron chi connectivity index (χ1n) is 9.82. The van der Waals surface area contributed by atoms with Gasteiger partial charge in [0.05, 0.1) is 18.9 Å². The molecule has 2 aromatic heterocycles. The molecule has 0 N–H and O–H groups in total. The average Bonchev–Trinajstić information content (AvgIpc) is 3.18. The van der Waals surface area contributed by atoms with E-state index in [0.717, 1.165) is 64.4 Å². The van der Waals surface area contributed by atoms with Crippen LogP contribution in [0.15, 0.2) is 12.3 Å². The van der Waals surface area contributed by atoms with Crippen LogP contribution < -0.4 is 0 Å². The monoisotopic (exact) mass is 372 g/mol. The number of hydrogen-bond donors (Lipinski definition) is 0. The molecule has 4 rings (SSSR count). The van der Waals surface area contributed by atoms with Crippen LogP contribution in [0.4, 0.5) is 0 Å². The van der Waals surface area contributed by atoms with Crippen LogP contribution in [-0.2, 0) is 37.9 Å². The van der Waals surface area contributed by atoms with Crippen LogP contribution in [0.3, 0.4) is 0 Å². The van der Waals surface area contributed by atoms with Gasteiger partial charge in [-0.2, -0.15) is 10.2 Å². The Morgan fingerprint density at radius 1 is 1.22 bits per heavy atom. The normalized spacial score (nSPS) is 18.4. The third-order valence-electron chi connectivity index (χ3n) is 5.46. The number of aromatic nitrogens is 4. The lowest BCUT2D eigenvalue weighted by molar-refractivity contribution is 0.0754. The average molecular weight is 372 g/mol. The van der Waals surface area contributed by atoms with E-state index in [9.17, 15) is 4.79 Å². The number of nitrogens with zero attached hydrogens (tertiary/aromatic N) is 6. The number of hydrogen-bond acceptors (Lipinski definition) is 5. The second kappa shape index (κ2) is 7.82. The highest BCUT2D eigenvalue weighted by Crippen LogP contribution is 2.22. The largest absolute Gasteiger partial charge is 0.376 e. The van der Waals surface area contributed by atoms with Crippen molar-refractivity contribution >= 4 is 5.91 Å². The molecule has 0 bridgehead atoms. The molecule has 8 heteroatoms. The summed E-state index contributed by atoms with van der Waals surface area (Å²) in [4.78, 5) is 17.0. The molecule has 0 atom stereocenters. The number of rotatable bonds is 4. The Labute approximate surface area is 159 Å². The number of fused-ring (bicyclic) bond motifs is 1. The quantitative estimate of drug-likeness (QED) is 0.803. The number of aryl methyl sites for hydroxylation is 2. The molecular formula is C19H28N6O2. The van der Waals surface area contributed by atoms with E-state index in [1.54, 1.807) is 10.7 Å². The molecule has 0 radical (unpaired) electrons. The number of carbonyl (C=O) groups is 1. The summed E-state index contributed by atoms with van der Waals surface area (Å²) in [6, 6.07) is 1.79. The Morgan fingerprint density at radius 2 is 2.11 bits per heavy atom. The summed E-state index contributed by atoms with van der Waals surface area (Å²) in [6.45, 7) is 8.64. The van der Waals surface area contributed by atoms with E-state index in [-0.39, 0.29) is 5.91 Å². The van der Waals surface area contributed by atoms with Crippen molar-refractivity contribution in [2.45, 2.75) is 39.5 Å². The van der Waals surface area contributed by atoms with E-state index in [2.05, 4.69) is 21.6 Å². The third kappa shape index (κ3) is 3.77. The molecule has 0 saturated carbocycles. The Bertz CT molecular complexity index is 811. The van der Waals surface area contributed by atoms with E-state index in [1.807, 2.05) is 18.1 Å². The van der Waals surface area contributed by atoms with Gasteiger partial charge >= 0.3 is 0 Å². The molecule has 0 aromatic carbocycles. The van der Waals surface area contributed by atoms with Crippen molar-refractivity contribution in [2.75, 3.05) is 32.8 Å². The van der Waals surface area contributed by atoms with Crippen LogP contribution in [-0.4, -0.2) is 68.1 Å². The fraction of sp³-hybridized carbons (Fsp3) is 0.632. The summed E-state index contributed by atoms with van der Waals surface area (Å²) in [6.07, 6.45) is 3.72. The van der Waals surface area contributed by atoms with Crippen LogP contribution >= 0.6 is 0 Å². The standard InChI is InChI=1S/C19H28N6O2/c1-3-25-18-6-12-27-14-15(18)17(21-25)13-23-7-4-8-24(11-10-23)19(26)16-5-9-22(2)20-16/h5,9H,3-4,6-8,10-14H2,1-2H3. The van der Waals surface area contributed by atoms with Gasteiger partial charge in [-0.05, 0) is 19.4 Å². The minimum Gasteiger partial charge on any atom is -0.376 e. The van der Waals surface area contributed by atoms with Crippen molar-refractivity contribution in [3.05, 3.63) is 34.9 Å². The SMILES string of the molecule is CCn1nc(CN2CCCN(C(=O)c3ccn(C)n3)CC2)c2c1CCOC2. The molecule has 0 spiro atoms. The van der Waals surface area contributed by atoms with Crippen LogP contribution in [0.2, 0.25) is 0 Å². The molecular weight excluding hydrogens is 344 g/mol. The van der Waals surface area contributed by atoms with E-state index in [1.165, 1.54) is 11.3 Å². The van der Waals surface area contributed by atoms with Gasteiger partial charge in [0.2, 0.25) is 0 Å². The predicted molar refractivity (Wildman–Crippen MR) is 100 cm³/mol. The lowest BCUT2D eigenvalue weighted by Gasteiger charge is -2.21. The van der Waals surface area contributed by atoms with Gasteiger partial charge < -0.3 is 9.64 Å². The van der Waals surface area contributed by atoms with Crippen molar-refractivity contribution in [1.82, 2.24) is 29.4 Å². The van der Waals surface area contributed by atoms with Crippen molar-refractivity contribution in [3.8, 4) is 0 Å². The predicted octanol–water partition coefficient (Wildman–Crippen LogP) is 1.06. The summed E-state index contributed by atoms with van der Waals surface area (Å²) in [5.74, 6) is 0.0264. The topological polar surface area (TPSA) is 68.4 Å². The fourth-order valence-corrected chi connectivity index (χ4v) is 4.00. The maximum Gasteiger partial charge on any atom is 0.274 e. The summed E-state index contributed by atoms with van der Waals surface area (Å²) >= 11 is 0.